The minimum atomic E-state index is 0.0892. The number of rotatable bonds is 9. The zero-order valence-corrected chi connectivity index (χ0v) is 16.8. The van der Waals surface area contributed by atoms with Gasteiger partial charge in [-0.05, 0) is 68.1 Å². The maximum Gasteiger partial charge on any atom is 0.234 e. The van der Waals surface area contributed by atoms with Crippen LogP contribution in [-0.2, 0) is 11.2 Å². The molecule has 1 saturated heterocycles. The Morgan fingerprint density at radius 1 is 1.11 bits per heavy atom. The highest BCUT2D eigenvalue weighted by atomic mass is 16.5. The van der Waals surface area contributed by atoms with Crippen molar-refractivity contribution in [1.29, 1.82) is 0 Å². The second kappa shape index (κ2) is 10.1. The lowest BCUT2D eigenvalue weighted by Gasteiger charge is -2.24. The van der Waals surface area contributed by atoms with E-state index in [0.717, 1.165) is 37.3 Å². The fraction of sp³-hybridized carbons (Fsp3) is 0.435. The monoisotopic (exact) mass is 382 g/mol. The van der Waals surface area contributed by atoms with Crippen LogP contribution < -0.4 is 14.8 Å². The van der Waals surface area contributed by atoms with Crippen molar-refractivity contribution < 1.29 is 14.3 Å². The quantitative estimate of drug-likeness (QED) is 0.720. The first-order chi connectivity index (χ1) is 13.7. The molecule has 0 aromatic heterocycles. The van der Waals surface area contributed by atoms with Crippen molar-refractivity contribution in [3.8, 4) is 11.5 Å². The molecule has 3 rings (SSSR count). The highest BCUT2D eigenvalue weighted by molar-refractivity contribution is 5.78. The Morgan fingerprint density at radius 3 is 2.50 bits per heavy atom. The maximum absolute atomic E-state index is 12.4. The summed E-state index contributed by atoms with van der Waals surface area (Å²) < 4.78 is 10.7. The fourth-order valence-electron chi connectivity index (χ4n) is 3.72. The van der Waals surface area contributed by atoms with E-state index in [9.17, 15) is 4.79 Å². The molecule has 1 aliphatic heterocycles. The van der Waals surface area contributed by atoms with E-state index in [1.165, 1.54) is 11.1 Å². The summed E-state index contributed by atoms with van der Waals surface area (Å²) in [5.74, 6) is 1.83. The smallest absolute Gasteiger partial charge is 0.234 e. The van der Waals surface area contributed by atoms with Crippen LogP contribution >= 0.6 is 0 Å². The molecule has 0 aliphatic carbocycles. The third-order valence-corrected chi connectivity index (χ3v) is 5.18. The van der Waals surface area contributed by atoms with Crippen molar-refractivity contribution in [3.05, 3.63) is 59.7 Å². The summed E-state index contributed by atoms with van der Waals surface area (Å²) in [6.45, 7) is 4.71. The standard InChI is InChI=1S/C23H30N2O3/c1-3-28-21-12-8-19(9-13-21)22-5-4-16-25(22)17-23(26)24-15-14-18-6-10-20(27-2)11-7-18/h6-13,22H,3-5,14-17H2,1-2H3,(H,24,26). The molecule has 2 aromatic rings. The third kappa shape index (κ3) is 5.49. The average Bonchev–Trinajstić information content (AvgIpc) is 3.17. The largest absolute Gasteiger partial charge is 0.497 e. The molecule has 5 nitrogen and oxygen atoms in total. The van der Waals surface area contributed by atoms with Crippen LogP contribution in [0.15, 0.2) is 48.5 Å². The average molecular weight is 383 g/mol. The van der Waals surface area contributed by atoms with Crippen LogP contribution in [0.25, 0.3) is 0 Å². The van der Waals surface area contributed by atoms with Gasteiger partial charge in [0.25, 0.3) is 0 Å². The Labute approximate surface area is 167 Å². The number of benzene rings is 2. The number of hydrogen-bond donors (Lipinski definition) is 1. The Morgan fingerprint density at radius 2 is 1.82 bits per heavy atom. The van der Waals surface area contributed by atoms with E-state index in [1.54, 1.807) is 7.11 Å². The highest BCUT2D eigenvalue weighted by Crippen LogP contribution is 2.32. The van der Waals surface area contributed by atoms with Crippen LogP contribution in [0.4, 0.5) is 0 Å². The number of hydrogen-bond acceptors (Lipinski definition) is 4. The molecular formula is C23H30N2O3. The van der Waals surface area contributed by atoms with Gasteiger partial charge in [-0.2, -0.15) is 0 Å². The molecule has 1 aliphatic rings. The van der Waals surface area contributed by atoms with E-state index in [1.807, 2.05) is 43.3 Å². The van der Waals surface area contributed by atoms with E-state index in [4.69, 9.17) is 9.47 Å². The minimum Gasteiger partial charge on any atom is -0.497 e. The molecule has 1 atom stereocenters. The SMILES string of the molecule is CCOc1ccc(C2CCCN2CC(=O)NCCc2ccc(OC)cc2)cc1. The fourth-order valence-corrected chi connectivity index (χ4v) is 3.72. The van der Waals surface area contributed by atoms with Gasteiger partial charge in [0.2, 0.25) is 5.91 Å². The van der Waals surface area contributed by atoms with Gasteiger partial charge in [0.1, 0.15) is 11.5 Å². The molecule has 1 amide bonds. The molecule has 0 bridgehead atoms. The van der Waals surface area contributed by atoms with Crippen molar-refractivity contribution in [3.63, 3.8) is 0 Å². The number of carbonyl (C=O) groups excluding carboxylic acids is 1. The number of nitrogens with zero attached hydrogens (tertiary/aromatic N) is 1. The number of methoxy groups -OCH3 is 1. The summed E-state index contributed by atoms with van der Waals surface area (Å²) in [7, 11) is 1.66. The Kier molecular flexibility index (Phi) is 7.31. The number of amides is 1. The van der Waals surface area contributed by atoms with Gasteiger partial charge in [-0.15, -0.1) is 0 Å². The van der Waals surface area contributed by atoms with Crippen LogP contribution in [0.2, 0.25) is 0 Å². The van der Waals surface area contributed by atoms with Crippen LogP contribution in [0.3, 0.4) is 0 Å². The second-order valence-electron chi connectivity index (χ2n) is 7.08. The van der Waals surface area contributed by atoms with Crippen LogP contribution in [-0.4, -0.2) is 44.2 Å². The molecular weight excluding hydrogens is 352 g/mol. The van der Waals surface area contributed by atoms with Gasteiger partial charge >= 0.3 is 0 Å². The lowest BCUT2D eigenvalue weighted by molar-refractivity contribution is -0.122. The van der Waals surface area contributed by atoms with Crippen molar-refractivity contribution in [2.75, 3.05) is 33.4 Å². The Balaban J connectivity index is 1.47. The highest BCUT2D eigenvalue weighted by Gasteiger charge is 2.27. The zero-order chi connectivity index (χ0) is 19.8. The molecule has 0 spiro atoms. The van der Waals surface area contributed by atoms with Crippen molar-refractivity contribution in [2.45, 2.75) is 32.2 Å². The van der Waals surface area contributed by atoms with Gasteiger partial charge in [0.15, 0.2) is 0 Å². The van der Waals surface area contributed by atoms with Crippen molar-refractivity contribution in [1.82, 2.24) is 10.2 Å². The zero-order valence-electron chi connectivity index (χ0n) is 16.8. The number of ether oxygens (including phenoxy) is 2. The lowest BCUT2D eigenvalue weighted by Crippen LogP contribution is -2.37. The maximum atomic E-state index is 12.4. The first kappa shape index (κ1) is 20.2. The predicted molar refractivity (Wildman–Crippen MR) is 111 cm³/mol. The molecule has 5 heteroatoms. The molecule has 0 radical (unpaired) electrons. The topological polar surface area (TPSA) is 50.8 Å². The van der Waals surface area contributed by atoms with Gasteiger partial charge in [0.05, 0.1) is 20.3 Å². The third-order valence-electron chi connectivity index (χ3n) is 5.18. The normalized spacial score (nSPS) is 16.7. The first-order valence-corrected chi connectivity index (χ1v) is 10.1. The van der Waals surface area contributed by atoms with Gasteiger partial charge in [-0.25, -0.2) is 0 Å². The predicted octanol–water partition coefficient (Wildman–Crippen LogP) is 3.59. The number of nitrogens with one attached hydrogen (secondary N) is 1. The number of likely N-dealkylation sites (tertiary alicyclic amines) is 1. The van der Waals surface area contributed by atoms with E-state index in [0.29, 0.717) is 25.7 Å². The molecule has 28 heavy (non-hydrogen) atoms. The van der Waals surface area contributed by atoms with E-state index >= 15 is 0 Å². The summed E-state index contributed by atoms with van der Waals surface area (Å²) in [5, 5.41) is 3.05. The van der Waals surface area contributed by atoms with Gasteiger partial charge in [0, 0.05) is 12.6 Å². The Hall–Kier alpha value is -2.53. The van der Waals surface area contributed by atoms with Gasteiger partial charge in [-0.1, -0.05) is 24.3 Å². The van der Waals surface area contributed by atoms with E-state index < -0.39 is 0 Å². The van der Waals surface area contributed by atoms with Gasteiger partial charge in [-0.3, -0.25) is 9.69 Å². The second-order valence-corrected chi connectivity index (χ2v) is 7.08. The van der Waals surface area contributed by atoms with Crippen LogP contribution in [0.5, 0.6) is 11.5 Å². The lowest BCUT2D eigenvalue weighted by atomic mass is 10.0. The summed E-state index contributed by atoms with van der Waals surface area (Å²) in [5.41, 5.74) is 2.45. The molecule has 0 saturated carbocycles. The Bertz CT molecular complexity index is 743. The van der Waals surface area contributed by atoms with E-state index in [2.05, 4.69) is 22.3 Å². The molecule has 1 fully saturated rings. The molecule has 2 aromatic carbocycles. The minimum absolute atomic E-state index is 0.0892. The summed E-state index contributed by atoms with van der Waals surface area (Å²) >= 11 is 0. The van der Waals surface area contributed by atoms with Crippen LogP contribution in [0, 0.1) is 0 Å². The van der Waals surface area contributed by atoms with E-state index in [-0.39, 0.29) is 5.91 Å². The van der Waals surface area contributed by atoms with Gasteiger partial charge < -0.3 is 14.8 Å². The molecule has 1 heterocycles. The van der Waals surface area contributed by atoms with Crippen molar-refractivity contribution >= 4 is 5.91 Å². The van der Waals surface area contributed by atoms with Crippen LogP contribution in [0.1, 0.15) is 36.9 Å². The first-order valence-electron chi connectivity index (χ1n) is 10.1. The molecule has 1 unspecified atom stereocenters. The summed E-state index contributed by atoms with van der Waals surface area (Å²) in [6, 6.07) is 16.6. The molecule has 150 valence electrons. The number of carbonyl (C=O) groups is 1. The summed E-state index contributed by atoms with van der Waals surface area (Å²) in [6.07, 6.45) is 3.03. The van der Waals surface area contributed by atoms with Crippen molar-refractivity contribution in [2.24, 2.45) is 0 Å². The molecule has 1 N–H and O–H groups in total. The summed E-state index contributed by atoms with van der Waals surface area (Å²) in [4.78, 5) is 14.7.